The summed E-state index contributed by atoms with van der Waals surface area (Å²) in [5.74, 6) is -0.703. The van der Waals surface area contributed by atoms with Gasteiger partial charge in [0.25, 0.3) is 0 Å². The third-order valence-corrected chi connectivity index (χ3v) is 4.50. The van der Waals surface area contributed by atoms with E-state index < -0.39 is 21.8 Å². The molecule has 2 rings (SSSR count). The van der Waals surface area contributed by atoms with Crippen LogP contribution in [0.25, 0.3) is 0 Å². The predicted octanol–water partition coefficient (Wildman–Crippen LogP) is -0.268. The van der Waals surface area contributed by atoms with E-state index in [1.807, 2.05) is 6.92 Å². The summed E-state index contributed by atoms with van der Waals surface area (Å²) in [6.45, 7) is 1.58. The zero-order valence-corrected chi connectivity index (χ0v) is 11.6. The minimum Gasteiger partial charge on any atom is -0.494 e. The Kier molecular flexibility index (Phi) is 4.05. The Morgan fingerprint density at radius 1 is 1.15 bits per heavy atom. The van der Waals surface area contributed by atoms with Crippen molar-refractivity contribution in [2.24, 2.45) is 0 Å². The quantitative estimate of drug-likeness (QED) is 0.773. The van der Waals surface area contributed by atoms with Gasteiger partial charge in [-0.1, -0.05) is 0 Å². The summed E-state index contributed by atoms with van der Waals surface area (Å²) in [6, 6.07) is 5.83. The Bertz CT molecular complexity index is 608. The molecule has 0 atom stereocenters. The van der Waals surface area contributed by atoms with Gasteiger partial charge in [0, 0.05) is 0 Å². The second-order valence-electron chi connectivity index (χ2n) is 4.15. The average Bonchev–Trinajstić information content (AvgIpc) is 2.38. The molecule has 1 heterocycles. The summed E-state index contributed by atoms with van der Waals surface area (Å²) >= 11 is 0. The van der Waals surface area contributed by atoms with Gasteiger partial charge in [0.15, 0.2) is 0 Å². The fourth-order valence-corrected chi connectivity index (χ4v) is 3.16. The average molecular weight is 298 g/mol. The molecule has 7 nitrogen and oxygen atoms in total. The summed E-state index contributed by atoms with van der Waals surface area (Å²) in [6.07, 6.45) is 0. The molecule has 1 N–H and O–H groups in total. The smallest absolute Gasteiger partial charge is 0.244 e. The van der Waals surface area contributed by atoms with Crippen molar-refractivity contribution in [1.82, 2.24) is 9.62 Å². The van der Waals surface area contributed by atoms with Crippen LogP contribution in [0.3, 0.4) is 0 Å². The first-order valence-corrected chi connectivity index (χ1v) is 7.43. The van der Waals surface area contributed by atoms with Crippen molar-refractivity contribution in [3.63, 3.8) is 0 Å². The van der Waals surface area contributed by atoms with Gasteiger partial charge in [0.05, 0.1) is 24.6 Å². The van der Waals surface area contributed by atoms with Gasteiger partial charge in [-0.15, -0.1) is 0 Å². The van der Waals surface area contributed by atoms with Crippen molar-refractivity contribution >= 4 is 21.8 Å². The molecule has 0 saturated carbocycles. The summed E-state index contributed by atoms with van der Waals surface area (Å²) in [4.78, 5) is 22.5. The summed E-state index contributed by atoms with van der Waals surface area (Å²) in [5.41, 5.74) is 0. The molecule has 8 heteroatoms. The normalized spacial score (nSPS) is 16.9. The Balaban J connectivity index is 2.25. The largest absolute Gasteiger partial charge is 0.494 e. The zero-order chi connectivity index (χ0) is 14.8. The van der Waals surface area contributed by atoms with Crippen molar-refractivity contribution < 1.29 is 22.7 Å². The van der Waals surface area contributed by atoms with Crippen molar-refractivity contribution in [3.8, 4) is 5.75 Å². The number of nitrogens with one attached hydrogen (secondary N) is 1. The van der Waals surface area contributed by atoms with Gasteiger partial charge in [-0.25, -0.2) is 8.42 Å². The van der Waals surface area contributed by atoms with Gasteiger partial charge >= 0.3 is 0 Å². The van der Waals surface area contributed by atoms with Crippen LogP contribution >= 0.6 is 0 Å². The number of rotatable bonds is 4. The molecule has 0 radical (unpaired) electrons. The maximum atomic E-state index is 12.3. The highest BCUT2D eigenvalue weighted by molar-refractivity contribution is 7.89. The van der Waals surface area contributed by atoms with E-state index in [9.17, 15) is 18.0 Å². The number of hydrogen-bond acceptors (Lipinski definition) is 5. The van der Waals surface area contributed by atoms with Crippen LogP contribution in [0.4, 0.5) is 0 Å². The number of carbonyl (C=O) groups excluding carboxylic acids is 2. The molecule has 2 amide bonds. The molecule has 0 aromatic heterocycles. The number of benzene rings is 1. The van der Waals surface area contributed by atoms with E-state index >= 15 is 0 Å². The van der Waals surface area contributed by atoms with Gasteiger partial charge in [-0.2, -0.15) is 4.31 Å². The molecule has 108 valence electrons. The molecule has 0 bridgehead atoms. The van der Waals surface area contributed by atoms with Crippen LogP contribution in [-0.4, -0.2) is 44.2 Å². The van der Waals surface area contributed by atoms with Gasteiger partial charge in [-0.3, -0.25) is 14.9 Å². The lowest BCUT2D eigenvalue weighted by molar-refractivity contribution is -0.134. The lowest BCUT2D eigenvalue weighted by Gasteiger charge is -2.24. The Labute approximate surface area is 116 Å². The third kappa shape index (κ3) is 2.97. The van der Waals surface area contributed by atoms with Gasteiger partial charge in [-0.05, 0) is 31.2 Å². The van der Waals surface area contributed by atoms with Crippen LogP contribution in [0, 0.1) is 0 Å². The second kappa shape index (κ2) is 5.59. The second-order valence-corrected chi connectivity index (χ2v) is 6.09. The molecule has 0 spiro atoms. The number of ether oxygens (including phenoxy) is 1. The number of imide groups is 1. The fourth-order valence-electron chi connectivity index (χ4n) is 1.80. The highest BCUT2D eigenvalue weighted by Crippen LogP contribution is 2.20. The van der Waals surface area contributed by atoms with Crippen molar-refractivity contribution in [1.29, 1.82) is 0 Å². The first-order valence-electron chi connectivity index (χ1n) is 5.99. The zero-order valence-electron chi connectivity index (χ0n) is 10.8. The van der Waals surface area contributed by atoms with E-state index in [1.54, 1.807) is 0 Å². The molecule has 1 saturated heterocycles. The number of nitrogens with zero attached hydrogens (tertiary/aromatic N) is 1. The SMILES string of the molecule is CCOc1ccc(S(=O)(=O)N2CC(=O)NC(=O)C2)cc1. The van der Waals surface area contributed by atoms with E-state index in [-0.39, 0.29) is 18.0 Å². The van der Waals surface area contributed by atoms with E-state index in [4.69, 9.17) is 4.74 Å². The number of hydrogen-bond donors (Lipinski definition) is 1. The Morgan fingerprint density at radius 3 is 2.20 bits per heavy atom. The monoisotopic (exact) mass is 298 g/mol. The predicted molar refractivity (Wildman–Crippen MR) is 69.5 cm³/mol. The van der Waals surface area contributed by atoms with Crippen LogP contribution in [0.1, 0.15) is 6.92 Å². The van der Waals surface area contributed by atoms with Crippen molar-refractivity contribution in [3.05, 3.63) is 24.3 Å². The first kappa shape index (κ1) is 14.5. The maximum absolute atomic E-state index is 12.3. The first-order chi connectivity index (χ1) is 9.43. The molecule has 1 aliphatic heterocycles. The third-order valence-electron chi connectivity index (χ3n) is 2.69. The van der Waals surface area contributed by atoms with E-state index in [2.05, 4.69) is 5.32 Å². The van der Waals surface area contributed by atoms with E-state index in [0.29, 0.717) is 12.4 Å². The Hall–Kier alpha value is -1.93. The maximum Gasteiger partial charge on any atom is 0.244 e. The molecule has 1 aliphatic rings. The van der Waals surface area contributed by atoms with Crippen LogP contribution < -0.4 is 10.1 Å². The highest BCUT2D eigenvalue weighted by atomic mass is 32.2. The van der Waals surface area contributed by atoms with Crippen LogP contribution in [0.2, 0.25) is 0 Å². The van der Waals surface area contributed by atoms with Gasteiger partial charge in [0.1, 0.15) is 5.75 Å². The van der Waals surface area contributed by atoms with Crippen LogP contribution in [-0.2, 0) is 19.6 Å². The highest BCUT2D eigenvalue weighted by Gasteiger charge is 2.32. The molecule has 0 aliphatic carbocycles. The van der Waals surface area contributed by atoms with Gasteiger partial charge in [0.2, 0.25) is 21.8 Å². The molecule has 1 aromatic carbocycles. The molecule has 20 heavy (non-hydrogen) atoms. The standard InChI is InChI=1S/C12H14N2O5S/c1-2-19-9-3-5-10(6-4-9)20(17,18)14-7-11(15)13-12(16)8-14/h3-6H,2,7-8H2,1H3,(H,13,15,16). The van der Waals surface area contributed by atoms with E-state index in [1.165, 1.54) is 24.3 Å². The van der Waals surface area contributed by atoms with E-state index in [0.717, 1.165) is 4.31 Å². The number of amides is 2. The minimum absolute atomic E-state index is 0.0171. The molecular formula is C12H14N2O5S. The summed E-state index contributed by atoms with van der Waals surface area (Å²) < 4.78 is 30.7. The lowest BCUT2D eigenvalue weighted by atomic mass is 10.3. The molecule has 1 fully saturated rings. The number of piperazine rings is 1. The topological polar surface area (TPSA) is 92.8 Å². The Morgan fingerprint density at radius 2 is 1.70 bits per heavy atom. The number of sulfonamides is 1. The molecule has 0 unspecified atom stereocenters. The van der Waals surface area contributed by atoms with Gasteiger partial charge < -0.3 is 4.74 Å². The lowest BCUT2D eigenvalue weighted by Crippen LogP contribution is -2.53. The molecular weight excluding hydrogens is 284 g/mol. The van der Waals surface area contributed by atoms with Crippen LogP contribution in [0.5, 0.6) is 5.75 Å². The fraction of sp³-hybridized carbons (Fsp3) is 0.333. The molecule has 1 aromatic rings. The summed E-state index contributed by atoms with van der Waals surface area (Å²) in [5, 5.41) is 2.05. The van der Waals surface area contributed by atoms with Crippen LogP contribution in [0.15, 0.2) is 29.2 Å². The minimum atomic E-state index is -3.86. The number of carbonyl (C=O) groups is 2. The van der Waals surface area contributed by atoms with Crippen molar-refractivity contribution in [2.45, 2.75) is 11.8 Å². The summed E-state index contributed by atoms with van der Waals surface area (Å²) in [7, 11) is -3.86. The van der Waals surface area contributed by atoms with Crippen molar-refractivity contribution in [2.75, 3.05) is 19.7 Å².